The van der Waals surface area contributed by atoms with Crippen LogP contribution in [0, 0.1) is 6.92 Å². The fraction of sp³-hybridized carbons (Fsp3) is 0.500. The number of aromatic amines is 1. The van der Waals surface area contributed by atoms with Crippen LogP contribution in [0.4, 0.5) is 0 Å². The average molecular weight is 404 g/mol. The highest BCUT2D eigenvalue weighted by Gasteiger charge is 2.61. The summed E-state index contributed by atoms with van der Waals surface area (Å²) in [4.78, 5) is 26.4. The number of aromatic nitrogens is 2. The number of nitrogens with zero attached hydrogens (tertiary/aromatic N) is 1. The van der Waals surface area contributed by atoms with Gasteiger partial charge in [-0.15, -0.1) is 0 Å². The van der Waals surface area contributed by atoms with E-state index in [0.717, 1.165) is 5.56 Å². The molecule has 3 heterocycles. The van der Waals surface area contributed by atoms with Gasteiger partial charge in [-0.05, 0) is 38.5 Å². The van der Waals surface area contributed by atoms with Gasteiger partial charge in [-0.25, -0.2) is 4.79 Å². The molecule has 1 aromatic carbocycles. The summed E-state index contributed by atoms with van der Waals surface area (Å²) in [5.41, 5.74) is -1.26. The van der Waals surface area contributed by atoms with Gasteiger partial charge < -0.3 is 24.1 Å². The van der Waals surface area contributed by atoms with Crippen LogP contribution in [0.1, 0.15) is 31.2 Å². The van der Waals surface area contributed by atoms with Crippen LogP contribution < -0.4 is 16.0 Å². The number of aliphatic hydroxyl groups excluding tert-OH is 1. The Kier molecular flexibility index (Phi) is 4.66. The van der Waals surface area contributed by atoms with Crippen LogP contribution in [0.15, 0.2) is 40.1 Å². The maximum atomic E-state index is 12.4. The molecular formula is C20H24N2O7. The average Bonchev–Trinajstić information content (AvgIpc) is 2.97. The van der Waals surface area contributed by atoms with Crippen molar-refractivity contribution in [2.24, 2.45) is 0 Å². The molecule has 4 rings (SSSR count). The summed E-state index contributed by atoms with van der Waals surface area (Å²) in [5.74, 6) is -0.270. The smallest absolute Gasteiger partial charge is 0.330 e. The molecule has 2 aliphatic rings. The Labute approximate surface area is 166 Å². The first-order valence-electron chi connectivity index (χ1n) is 9.31. The van der Waals surface area contributed by atoms with Crippen molar-refractivity contribution in [2.45, 2.75) is 50.6 Å². The molecule has 4 atom stereocenters. The lowest BCUT2D eigenvalue weighted by atomic mass is 9.86. The van der Waals surface area contributed by atoms with Crippen molar-refractivity contribution in [2.75, 3.05) is 13.7 Å². The molecular weight excluding hydrogens is 380 g/mol. The Balaban J connectivity index is 1.82. The van der Waals surface area contributed by atoms with Gasteiger partial charge in [0, 0.05) is 11.8 Å². The van der Waals surface area contributed by atoms with E-state index in [1.165, 1.54) is 10.8 Å². The zero-order chi connectivity index (χ0) is 21.0. The first kappa shape index (κ1) is 19.8. The van der Waals surface area contributed by atoms with Gasteiger partial charge in [0.15, 0.2) is 12.0 Å². The third-order valence-electron chi connectivity index (χ3n) is 5.44. The number of rotatable bonds is 3. The predicted molar refractivity (Wildman–Crippen MR) is 102 cm³/mol. The topological polar surface area (TPSA) is 112 Å². The number of benzene rings is 1. The van der Waals surface area contributed by atoms with Crippen molar-refractivity contribution in [1.82, 2.24) is 9.55 Å². The predicted octanol–water partition coefficient (Wildman–Crippen LogP) is 0.790. The zero-order valence-corrected chi connectivity index (χ0v) is 16.7. The fourth-order valence-electron chi connectivity index (χ4n) is 3.86. The Morgan fingerprint density at radius 3 is 2.55 bits per heavy atom. The Morgan fingerprint density at radius 2 is 1.90 bits per heavy atom. The van der Waals surface area contributed by atoms with Crippen molar-refractivity contribution in [3.8, 4) is 5.75 Å². The second-order valence-corrected chi connectivity index (χ2v) is 7.82. The molecule has 0 radical (unpaired) electrons. The molecule has 9 heteroatoms. The van der Waals surface area contributed by atoms with Crippen LogP contribution in [0.25, 0.3) is 0 Å². The van der Waals surface area contributed by atoms with E-state index in [1.54, 1.807) is 40.0 Å². The van der Waals surface area contributed by atoms with Crippen molar-refractivity contribution in [1.29, 1.82) is 0 Å². The Hall–Kier alpha value is -2.46. The number of hydrogen-bond acceptors (Lipinski definition) is 7. The summed E-state index contributed by atoms with van der Waals surface area (Å²) in [7, 11) is 1.57. The van der Waals surface area contributed by atoms with Gasteiger partial charge >= 0.3 is 5.69 Å². The Bertz CT molecular complexity index is 1030. The van der Waals surface area contributed by atoms with Gasteiger partial charge in [0.25, 0.3) is 5.56 Å². The summed E-state index contributed by atoms with van der Waals surface area (Å²) < 4.78 is 24.6. The fourth-order valence-corrected chi connectivity index (χ4v) is 3.86. The molecule has 2 N–H and O–H groups in total. The van der Waals surface area contributed by atoms with E-state index < -0.39 is 41.1 Å². The van der Waals surface area contributed by atoms with Crippen molar-refractivity contribution >= 4 is 0 Å². The van der Waals surface area contributed by atoms with E-state index in [4.69, 9.17) is 18.9 Å². The van der Waals surface area contributed by atoms with E-state index in [2.05, 4.69) is 4.98 Å². The Morgan fingerprint density at radius 1 is 1.21 bits per heavy atom. The van der Waals surface area contributed by atoms with Gasteiger partial charge in [0.1, 0.15) is 23.6 Å². The molecule has 29 heavy (non-hydrogen) atoms. The molecule has 0 bridgehead atoms. The van der Waals surface area contributed by atoms with E-state index in [0.29, 0.717) is 11.3 Å². The normalized spacial score (nSPS) is 30.7. The van der Waals surface area contributed by atoms with Gasteiger partial charge in [-0.1, -0.05) is 12.1 Å². The third kappa shape index (κ3) is 3.20. The molecule has 0 amide bonds. The van der Waals surface area contributed by atoms with Crippen molar-refractivity contribution < 1.29 is 24.1 Å². The molecule has 1 aromatic heterocycles. The first-order chi connectivity index (χ1) is 13.7. The zero-order valence-electron chi connectivity index (χ0n) is 16.7. The maximum absolute atomic E-state index is 12.4. The molecule has 0 aliphatic carbocycles. The minimum atomic E-state index is -1.18. The lowest BCUT2D eigenvalue weighted by Crippen LogP contribution is -2.56. The number of methoxy groups -OCH3 is 1. The van der Waals surface area contributed by atoms with E-state index >= 15 is 0 Å². The standard InChI is InChI=1S/C20H24N2O7/c1-11-9-22(18(25)21-16(11)24)17-14(23)15-20(29-17,10-27-19(2,3)28-15)12-5-7-13(26-4)8-6-12/h5-9,14-15,17,23H,10H2,1-4H3,(H,21,24,25)/t14-,15+,17-,20-/m1/s1. The minimum absolute atomic E-state index is 0.113. The monoisotopic (exact) mass is 404 g/mol. The van der Waals surface area contributed by atoms with Crippen LogP contribution in [-0.4, -0.2) is 46.4 Å². The van der Waals surface area contributed by atoms with Crippen molar-refractivity contribution in [3.05, 3.63) is 62.4 Å². The third-order valence-corrected chi connectivity index (χ3v) is 5.44. The first-order valence-corrected chi connectivity index (χ1v) is 9.31. The van der Waals surface area contributed by atoms with Crippen LogP contribution in [0.3, 0.4) is 0 Å². The highest BCUT2D eigenvalue weighted by Crippen LogP contribution is 2.50. The molecule has 2 aliphatic heterocycles. The number of H-pyrrole nitrogens is 1. The molecule has 9 nitrogen and oxygen atoms in total. The van der Waals surface area contributed by atoms with E-state index in [1.807, 2.05) is 12.1 Å². The number of ether oxygens (including phenoxy) is 4. The summed E-state index contributed by atoms with van der Waals surface area (Å²) in [6.07, 6.45) is -1.67. The van der Waals surface area contributed by atoms with Crippen LogP contribution >= 0.6 is 0 Å². The maximum Gasteiger partial charge on any atom is 0.330 e. The minimum Gasteiger partial charge on any atom is -0.497 e. The van der Waals surface area contributed by atoms with Crippen LogP contribution in [-0.2, 0) is 19.8 Å². The number of hydrogen-bond donors (Lipinski definition) is 2. The van der Waals surface area contributed by atoms with Gasteiger partial charge in [-0.2, -0.15) is 0 Å². The molecule has 0 unspecified atom stereocenters. The molecule has 0 saturated carbocycles. The molecule has 2 fully saturated rings. The summed E-state index contributed by atoms with van der Waals surface area (Å²) >= 11 is 0. The number of aryl methyl sites for hydroxylation is 1. The quantitative estimate of drug-likeness (QED) is 0.778. The summed E-state index contributed by atoms with van der Waals surface area (Å²) in [6.45, 7) is 5.19. The largest absolute Gasteiger partial charge is 0.497 e. The lowest BCUT2D eigenvalue weighted by Gasteiger charge is -2.45. The second-order valence-electron chi connectivity index (χ2n) is 7.82. The van der Waals surface area contributed by atoms with E-state index in [9.17, 15) is 14.7 Å². The summed E-state index contributed by atoms with van der Waals surface area (Å²) in [5, 5.41) is 11.1. The molecule has 0 spiro atoms. The SMILES string of the molecule is COc1ccc([C@]23COC(C)(C)O[C@H]2[C@@H](O)[C@H](n2cc(C)c(=O)[nH]c2=O)O3)cc1. The van der Waals surface area contributed by atoms with Crippen LogP contribution in [0.5, 0.6) is 5.75 Å². The summed E-state index contributed by atoms with van der Waals surface area (Å²) in [6, 6.07) is 7.18. The lowest BCUT2D eigenvalue weighted by molar-refractivity contribution is -0.332. The number of nitrogens with one attached hydrogen (secondary N) is 1. The van der Waals surface area contributed by atoms with E-state index in [-0.39, 0.29) is 6.61 Å². The highest BCUT2D eigenvalue weighted by atomic mass is 16.7. The van der Waals surface area contributed by atoms with Crippen molar-refractivity contribution in [3.63, 3.8) is 0 Å². The molecule has 2 aromatic rings. The van der Waals surface area contributed by atoms with Crippen LogP contribution in [0.2, 0.25) is 0 Å². The highest BCUT2D eigenvalue weighted by molar-refractivity contribution is 5.34. The second kappa shape index (κ2) is 6.81. The van der Waals surface area contributed by atoms with Gasteiger partial charge in [0.05, 0.1) is 13.7 Å². The number of aliphatic hydroxyl groups is 1. The van der Waals surface area contributed by atoms with Gasteiger partial charge in [0.2, 0.25) is 0 Å². The number of fused-ring (bicyclic) bond motifs is 1. The molecule has 156 valence electrons. The van der Waals surface area contributed by atoms with Gasteiger partial charge in [-0.3, -0.25) is 14.3 Å². The molecule has 2 saturated heterocycles.